The first-order chi connectivity index (χ1) is 7.65. The van der Waals surface area contributed by atoms with Gasteiger partial charge in [0.25, 0.3) is 0 Å². The molecule has 0 atom stereocenters. The van der Waals surface area contributed by atoms with Crippen molar-refractivity contribution in [2.24, 2.45) is 5.18 Å². The van der Waals surface area contributed by atoms with E-state index >= 15 is 0 Å². The van der Waals surface area contributed by atoms with Gasteiger partial charge in [-0.1, -0.05) is 28.9 Å². The molecule has 4 nitrogen and oxygen atoms in total. The van der Waals surface area contributed by atoms with Crippen molar-refractivity contribution in [1.29, 1.82) is 0 Å². The molecule has 0 N–H and O–H groups in total. The monoisotopic (exact) mass is 289 g/mol. The summed E-state index contributed by atoms with van der Waals surface area (Å²) in [6, 6.07) is 0. The number of carbonyl (C=O) groups excluding carboxylic acids is 1. The van der Waals surface area contributed by atoms with Gasteiger partial charge in [-0.05, 0) is 31.0 Å². The van der Waals surface area contributed by atoms with Gasteiger partial charge in [0.1, 0.15) is 0 Å². The molecule has 0 unspecified atom stereocenters. The second kappa shape index (κ2) is 8.21. The normalized spacial score (nSPS) is 13.1. The third-order valence-electron chi connectivity index (χ3n) is 2.03. The van der Waals surface area contributed by atoms with E-state index in [4.69, 9.17) is 4.74 Å². The van der Waals surface area contributed by atoms with Crippen LogP contribution in [0.4, 0.5) is 0 Å². The number of allylic oxidation sites excluding steroid dienone is 2. The van der Waals surface area contributed by atoms with Crippen molar-refractivity contribution >= 4 is 21.9 Å². The zero-order valence-electron chi connectivity index (χ0n) is 9.75. The minimum Gasteiger partial charge on any atom is -0.462 e. The SMILES string of the molecule is C/C=C(CBr)\C(C(=O)OCC)=C(/CC)N=O. The first-order valence-electron chi connectivity index (χ1n) is 5.11. The Kier molecular flexibility index (Phi) is 7.72. The number of nitrogens with zero attached hydrogens (tertiary/aromatic N) is 1. The van der Waals surface area contributed by atoms with E-state index in [2.05, 4.69) is 21.1 Å². The maximum Gasteiger partial charge on any atom is 0.340 e. The molecule has 0 bridgehead atoms. The molecule has 0 aromatic carbocycles. The minimum absolute atomic E-state index is 0.228. The number of nitroso groups, excluding NO2 is 1. The summed E-state index contributed by atoms with van der Waals surface area (Å²) in [4.78, 5) is 22.4. The smallest absolute Gasteiger partial charge is 0.340 e. The lowest BCUT2D eigenvalue weighted by Crippen LogP contribution is -2.12. The highest BCUT2D eigenvalue weighted by Gasteiger charge is 2.19. The summed E-state index contributed by atoms with van der Waals surface area (Å²) in [5.41, 5.74) is 1.22. The first kappa shape index (κ1) is 15.0. The van der Waals surface area contributed by atoms with Crippen LogP contribution in [-0.4, -0.2) is 17.9 Å². The topological polar surface area (TPSA) is 55.7 Å². The molecule has 0 aliphatic rings. The third kappa shape index (κ3) is 3.89. The highest BCUT2D eigenvalue weighted by molar-refractivity contribution is 9.09. The summed E-state index contributed by atoms with van der Waals surface area (Å²) in [5, 5.41) is 3.38. The van der Waals surface area contributed by atoms with Gasteiger partial charge in [0.2, 0.25) is 0 Å². The molecule has 0 aromatic heterocycles. The quantitative estimate of drug-likeness (QED) is 0.248. The minimum atomic E-state index is -0.494. The molecule has 0 spiro atoms. The number of halogens is 1. The van der Waals surface area contributed by atoms with Crippen LogP contribution in [0, 0.1) is 4.91 Å². The number of alkyl halides is 1. The summed E-state index contributed by atoms with van der Waals surface area (Å²) < 4.78 is 4.92. The second-order valence-electron chi connectivity index (χ2n) is 2.93. The summed E-state index contributed by atoms with van der Waals surface area (Å²) in [7, 11) is 0. The molecule has 0 aromatic rings. The Bertz CT molecular complexity index is 321. The van der Waals surface area contributed by atoms with E-state index in [0.29, 0.717) is 11.8 Å². The number of ether oxygens (including phenoxy) is 1. The van der Waals surface area contributed by atoms with Gasteiger partial charge in [-0.25, -0.2) is 4.79 Å². The van der Waals surface area contributed by atoms with Crippen LogP contribution in [0.25, 0.3) is 0 Å². The van der Waals surface area contributed by atoms with Crippen LogP contribution in [-0.2, 0) is 9.53 Å². The van der Waals surface area contributed by atoms with Gasteiger partial charge in [-0.2, -0.15) is 0 Å². The van der Waals surface area contributed by atoms with Gasteiger partial charge in [0.15, 0.2) is 0 Å². The average Bonchev–Trinajstić information content (AvgIpc) is 2.30. The molecule has 0 heterocycles. The Morgan fingerprint density at radius 3 is 2.38 bits per heavy atom. The predicted molar refractivity (Wildman–Crippen MR) is 67.3 cm³/mol. The first-order valence-corrected chi connectivity index (χ1v) is 6.23. The molecular weight excluding hydrogens is 274 g/mol. The largest absolute Gasteiger partial charge is 0.462 e. The van der Waals surface area contributed by atoms with Gasteiger partial charge >= 0.3 is 5.97 Å². The van der Waals surface area contributed by atoms with E-state index in [1.54, 1.807) is 26.8 Å². The van der Waals surface area contributed by atoms with Gasteiger partial charge in [-0.15, -0.1) is 4.91 Å². The van der Waals surface area contributed by atoms with Gasteiger partial charge in [0, 0.05) is 5.33 Å². The third-order valence-corrected chi connectivity index (χ3v) is 2.63. The van der Waals surface area contributed by atoms with E-state index in [-0.39, 0.29) is 17.9 Å². The summed E-state index contributed by atoms with van der Waals surface area (Å²) in [6.45, 7) is 5.57. The van der Waals surface area contributed by atoms with E-state index in [1.165, 1.54) is 0 Å². The Hall–Kier alpha value is -0.970. The second-order valence-corrected chi connectivity index (χ2v) is 3.50. The highest BCUT2D eigenvalue weighted by Crippen LogP contribution is 2.21. The fourth-order valence-electron chi connectivity index (χ4n) is 1.21. The lowest BCUT2D eigenvalue weighted by Gasteiger charge is -2.10. The van der Waals surface area contributed by atoms with Gasteiger partial charge < -0.3 is 4.74 Å². The average molecular weight is 290 g/mol. The lowest BCUT2D eigenvalue weighted by atomic mass is 10.0. The molecule has 0 rings (SSSR count). The van der Waals surface area contributed by atoms with E-state index in [9.17, 15) is 9.70 Å². The number of carbonyl (C=O) groups is 1. The van der Waals surface area contributed by atoms with Crippen LogP contribution in [0.1, 0.15) is 27.2 Å². The van der Waals surface area contributed by atoms with E-state index in [0.717, 1.165) is 5.57 Å². The zero-order chi connectivity index (χ0) is 12.6. The Balaban J connectivity index is 5.44. The van der Waals surface area contributed by atoms with Crippen LogP contribution in [0.3, 0.4) is 0 Å². The Morgan fingerprint density at radius 1 is 1.44 bits per heavy atom. The Labute approximate surface area is 104 Å². The predicted octanol–water partition coefficient (Wildman–Crippen LogP) is 3.32. The van der Waals surface area contributed by atoms with Crippen molar-refractivity contribution in [3.63, 3.8) is 0 Å². The highest BCUT2D eigenvalue weighted by atomic mass is 79.9. The number of hydrogen-bond donors (Lipinski definition) is 0. The number of hydrogen-bond acceptors (Lipinski definition) is 4. The van der Waals surface area contributed by atoms with Crippen molar-refractivity contribution in [3.8, 4) is 0 Å². The van der Waals surface area contributed by atoms with Crippen LogP contribution in [0.2, 0.25) is 0 Å². The van der Waals surface area contributed by atoms with Crippen molar-refractivity contribution in [2.45, 2.75) is 27.2 Å². The molecular formula is C11H16BrNO3. The molecule has 0 saturated heterocycles. The molecule has 16 heavy (non-hydrogen) atoms. The van der Waals surface area contributed by atoms with Gasteiger partial charge in [-0.3, -0.25) is 0 Å². The molecule has 0 radical (unpaired) electrons. The molecule has 0 fully saturated rings. The maximum atomic E-state index is 11.7. The van der Waals surface area contributed by atoms with Crippen molar-refractivity contribution in [2.75, 3.05) is 11.9 Å². The Morgan fingerprint density at radius 2 is 2.06 bits per heavy atom. The van der Waals surface area contributed by atoms with Crippen LogP contribution < -0.4 is 0 Å². The molecule has 0 aliphatic heterocycles. The summed E-state index contributed by atoms with van der Waals surface area (Å²) in [5.74, 6) is -0.494. The van der Waals surface area contributed by atoms with Crippen molar-refractivity contribution in [1.82, 2.24) is 0 Å². The maximum absolute atomic E-state index is 11.7. The summed E-state index contributed by atoms with van der Waals surface area (Å²) in [6.07, 6.45) is 2.17. The molecule has 0 aliphatic carbocycles. The lowest BCUT2D eigenvalue weighted by molar-refractivity contribution is -0.138. The van der Waals surface area contributed by atoms with Crippen LogP contribution in [0.15, 0.2) is 28.1 Å². The van der Waals surface area contributed by atoms with Gasteiger partial charge in [0.05, 0.1) is 17.9 Å². The summed E-state index contributed by atoms with van der Waals surface area (Å²) >= 11 is 3.27. The number of rotatable bonds is 6. The van der Waals surface area contributed by atoms with Crippen LogP contribution in [0.5, 0.6) is 0 Å². The molecule has 5 heteroatoms. The standard InChI is InChI=1S/C11H16BrNO3/c1-4-8(7-12)10(9(5-2)13-15)11(14)16-6-3/h4H,5-7H2,1-3H3/b8-4-,10-9-. The molecule has 0 amide bonds. The number of esters is 1. The fourth-order valence-corrected chi connectivity index (χ4v) is 1.82. The zero-order valence-corrected chi connectivity index (χ0v) is 11.3. The van der Waals surface area contributed by atoms with Crippen molar-refractivity contribution < 1.29 is 9.53 Å². The fraction of sp³-hybridized carbons (Fsp3) is 0.545. The van der Waals surface area contributed by atoms with E-state index < -0.39 is 5.97 Å². The molecule has 0 saturated carbocycles. The van der Waals surface area contributed by atoms with E-state index in [1.807, 2.05) is 0 Å². The van der Waals surface area contributed by atoms with Crippen molar-refractivity contribution in [3.05, 3.63) is 27.8 Å². The molecule has 90 valence electrons. The van der Waals surface area contributed by atoms with Crippen LogP contribution >= 0.6 is 15.9 Å².